The highest BCUT2D eigenvalue weighted by atomic mass is 32.2. The first-order chi connectivity index (χ1) is 14.3. The maximum absolute atomic E-state index is 12.6. The zero-order valence-electron chi connectivity index (χ0n) is 17.4. The summed E-state index contributed by atoms with van der Waals surface area (Å²) in [4.78, 5) is 12.6. The van der Waals surface area contributed by atoms with Gasteiger partial charge in [0.15, 0.2) is 0 Å². The predicted molar refractivity (Wildman–Crippen MR) is 113 cm³/mol. The second kappa shape index (κ2) is 9.00. The van der Waals surface area contributed by atoms with Gasteiger partial charge in [-0.2, -0.15) is 18.0 Å². The van der Waals surface area contributed by atoms with Crippen LogP contribution in [0.1, 0.15) is 41.2 Å². The van der Waals surface area contributed by atoms with Crippen LogP contribution in [0.25, 0.3) is 11.1 Å². The maximum Gasteiger partial charge on any atom is 0.355 e. The molecule has 0 spiro atoms. The third kappa shape index (κ3) is 4.12. The molecule has 0 unspecified atom stereocenters. The summed E-state index contributed by atoms with van der Waals surface area (Å²) in [7, 11) is -1.58. The Hall–Kier alpha value is -2.67. The van der Waals surface area contributed by atoms with Gasteiger partial charge < -0.3 is 9.30 Å². The molecule has 1 fully saturated rings. The number of hydrogen-bond donors (Lipinski definition) is 1. The average molecular weight is 431 g/mol. The molecule has 2 aromatic rings. The van der Waals surface area contributed by atoms with Crippen LogP contribution < -0.4 is 4.72 Å². The number of carbonyl (C=O) groups excluding carboxylic acids is 1. The number of benzene rings is 1. The van der Waals surface area contributed by atoms with Crippen molar-refractivity contribution in [2.75, 3.05) is 26.2 Å². The van der Waals surface area contributed by atoms with Crippen LogP contribution in [-0.4, -0.2) is 49.5 Å². The Kier molecular flexibility index (Phi) is 6.61. The maximum atomic E-state index is 12.6. The third-order valence-corrected chi connectivity index (χ3v) is 6.92. The normalized spacial score (nSPS) is 15.8. The van der Waals surface area contributed by atoms with Crippen LogP contribution in [0.15, 0.2) is 24.3 Å². The Balaban J connectivity index is 1.92. The molecule has 0 bridgehead atoms. The summed E-state index contributed by atoms with van der Waals surface area (Å²) in [5.41, 5.74) is 3.93. The standard InChI is InChI=1S/C21H26N4O4S/c1-4-18-17(14-22)19(20(24(18)3)21(26)29-5-2)16-8-6-15(7-9-16)10-12-25-13-11-23-30(25,27)28/h6-9,23H,4-5,10-13H2,1-3H3. The van der Waals surface area contributed by atoms with Crippen molar-refractivity contribution in [3.8, 4) is 17.2 Å². The number of nitrogens with zero attached hydrogens (tertiary/aromatic N) is 3. The molecular formula is C21H26N4O4S. The van der Waals surface area contributed by atoms with E-state index in [1.54, 1.807) is 18.5 Å². The first-order valence-electron chi connectivity index (χ1n) is 9.96. The van der Waals surface area contributed by atoms with Crippen molar-refractivity contribution >= 4 is 16.2 Å². The molecule has 9 heteroatoms. The summed E-state index contributed by atoms with van der Waals surface area (Å²) in [6.07, 6.45) is 1.19. The molecule has 30 heavy (non-hydrogen) atoms. The van der Waals surface area contributed by atoms with Crippen LogP contribution >= 0.6 is 0 Å². The second-order valence-electron chi connectivity index (χ2n) is 7.04. The van der Waals surface area contributed by atoms with Gasteiger partial charge in [-0.15, -0.1) is 0 Å². The van der Waals surface area contributed by atoms with Gasteiger partial charge in [-0.3, -0.25) is 0 Å². The van der Waals surface area contributed by atoms with Crippen molar-refractivity contribution in [3.05, 3.63) is 46.8 Å². The molecule has 3 rings (SSSR count). The van der Waals surface area contributed by atoms with Crippen molar-refractivity contribution in [2.24, 2.45) is 7.05 Å². The Morgan fingerprint density at radius 3 is 2.50 bits per heavy atom. The zero-order valence-corrected chi connectivity index (χ0v) is 18.3. The number of nitrogens with one attached hydrogen (secondary N) is 1. The fourth-order valence-corrected chi connectivity index (χ4v) is 5.02. The molecule has 0 saturated carbocycles. The predicted octanol–water partition coefficient (Wildman–Crippen LogP) is 2.00. The molecule has 1 aromatic heterocycles. The summed E-state index contributed by atoms with van der Waals surface area (Å²) >= 11 is 0. The van der Waals surface area contributed by atoms with Crippen molar-refractivity contribution in [1.29, 1.82) is 5.26 Å². The minimum Gasteiger partial charge on any atom is -0.461 e. The lowest BCUT2D eigenvalue weighted by molar-refractivity contribution is 0.0516. The molecule has 160 valence electrons. The summed E-state index contributed by atoms with van der Waals surface area (Å²) in [6, 6.07) is 9.79. The number of aromatic nitrogens is 1. The fraction of sp³-hybridized carbons (Fsp3) is 0.429. The SMILES string of the molecule is CCOC(=O)c1c(-c2ccc(CCN3CCNS3(=O)=O)cc2)c(C#N)c(CC)n1C. The van der Waals surface area contributed by atoms with E-state index in [2.05, 4.69) is 10.8 Å². The van der Waals surface area contributed by atoms with Crippen LogP contribution in [0, 0.1) is 11.3 Å². The first-order valence-corrected chi connectivity index (χ1v) is 11.4. The van der Waals surface area contributed by atoms with Crippen molar-refractivity contribution in [3.63, 3.8) is 0 Å². The minimum atomic E-state index is -3.35. The van der Waals surface area contributed by atoms with Crippen LogP contribution in [0.4, 0.5) is 0 Å². The Bertz CT molecular complexity index is 1080. The third-order valence-electron chi connectivity index (χ3n) is 5.31. The average Bonchev–Trinajstić information content (AvgIpc) is 3.21. The van der Waals surface area contributed by atoms with Gasteiger partial charge in [-0.1, -0.05) is 31.2 Å². The van der Waals surface area contributed by atoms with Gasteiger partial charge in [0.2, 0.25) is 0 Å². The van der Waals surface area contributed by atoms with Gasteiger partial charge in [-0.05, 0) is 30.9 Å². The number of carbonyl (C=O) groups is 1. The number of nitriles is 1. The molecular weight excluding hydrogens is 404 g/mol. The number of rotatable bonds is 7. The lowest BCUT2D eigenvalue weighted by Crippen LogP contribution is -2.31. The smallest absolute Gasteiger partial charge is 0.355 e. The quantitative estimate of drug-likeness (QED) is 0.677. The van der Waals surface area contributed by atoms with Gasteiger partial charge >= 0.3 is 5.97 Å². The van der Waals surface area contributed by atoms with Gasteiger partial charge in [0.05, 0.1) is 12.2 Å². The van der Waals surface area contributed by atoms with Crippen molar-refractivity contribution < 1.29 is 17.9 Å². The summed E-state index contributed by atoms with van der Waals surface area (Å²) < 4.78 is 34.6. The monoisotopic (exact) mass is 430 g/mol. The van der Waals surface area contributed by atoms with Crippen LogP contribution in [0.5, 0.6) is 0 Å². The lowest BCUT2D eigenvalue weighted by atomic mass is 9.98. The van der Waals surface area contributed by atoms with Gasteiger partial charge in [0.25, 0.3) is 10.2 Å². The van der Waals surface area contributed by atoms with Crippen LogP contribution in [-0.2, 0) is 34.8 Å². The lowest BCUT2D eigenvalue weighted by Gasteiger charge is -2.13. The molecule has 1 aromatic carbocycles. The molecule has 0 amide bonds. The van der Waals surface area contributed by atoms with E-state index >= 15 is 0 Å². The highest BCUT2D eigenvalue weighted by molar-refractivity contribution is 7.87. The van der Waals surface area contributed by atoms with Crippen molar-refractivity contribution in [1.82, 2.24) is 13.6 Å². The van der Waals surface area contributed by atoms with E-state index in [0.29, 0.717) is 49.3 Å². The molecule has 1 aliphatic rings. The largest absolute Gasteiger partial charge is 0.461 e. The van der Waals surface area contributed by atoms with E-state index in [0.717, 1.165) is 16.8 Å². The van der Waals surface area contributed by atoms with E-state index in [1.165, 1.54) is 4.31 Å². The molecule has 1 N–H and O–H groups in total. The Morgan fingerprint density at radius 1 is 1.27 bits per heavy atom. The zero-order chi connectivity index (χ0) is 21.9. The van der Waals surface area contributed by atoms with E-state index in [4.69, 9.17) is 4.74 Å². The highest BCUT2D eigenvalue weighted by Crippen LogP contribution is 2.33. The Morgan fingerprint density at radius 2 is 1.97 bits per heavy atom. The van der Waals surface area contributed by atoms with E-state index < -0.39 is 16.2 Å². The van der Waals surface area contributed by atoms with Crippen LogP contribution in [0.3, 0.4) is 0 Å². The fourth-order valence-electron chi connectivity index (χ4n) is 3.82. The first kappa shape index (κ1) is 22.0. The van der Waals surface area contributed by atoms with Gasteiger partial charge in [-0.25, -0.2) is 9.52 Å². The Labute approximate surface area is 177 Å². The molecule has 2 heterocycles. The summed E-state index contributed by atoms with van der Waals surface area (Å²) in [6.45, 7) is 5.25. The molecule has 1 saturated heterocycles. The number of ether oxygens (including phenoxy) is 1. The topological polar surface area (TPSA) is 104 Å². The number of esters is 1. The van der Waals surface area contributed by atoms with E-state index in [-0.39, 0.29) is 6.61 Å². The molecule has 0 aliphatic carbocycles. The van der Waals surface area contributed by atoms with Gasteiger partial charge in [0, 0.05) is 37.9 Å². The second-order valence-corrected chi connectivity index (χ2v) is 8.79. The molecule has 0 radical (unpaired) electrons. The van der Waals surface area contributed by atoms with Crippen LogP contribution in [0.2, 0.25) is 0 Å². The molecule has 0 atom stereocenters. The molecule has 8 nitrogen and oxygen atoms in total. The summed E-state index contributed by atoms with van der Waals surface area (Å²) in [5, 5.41) is 9.77. The van der Waals surface area contributed by atoms with Gasteiger partial charge in [0.1, 0.15) is 11.8 Å². The number of hydrogen-bond acceptors (Lipinski definition) is 5. The van der Waals surface area contributed by atoms with E-state index in [9.17, 15) is 18.5 Å². The van der Waals surface area contributed by atoms with E-state index in [1.807, 2.05) is 31.2 Å². The minimum absolute atomic E-state index is 0.250. The van der Waals surface area contributed by atoms with Crippen molar-refractivity contribution in [2.45, 2.75) is 26.7 Å². The summed E-state index contributed by atoms with van der Waals surface area (Å²) in [5.74, 6) is -0.456. The molecule has 1 aliphatic heterocycles. The highest BCUT2D eigenvalue weighted by Gasteiger charge is 2.28.